The Morgan fingerprint density at radius 2 is 1.77 bits per heavy atom. The molecule has 0 spiro atoms. The molecule has 0 heterocycles. The average molecular weight is 419 g/mol. The highest BCUT2D eigenvalue weighted by Crippen LogP contribution is 2.27. The third-order valence-electron chi connectivity index (χ3n) is 5.46. The number of carbonyl (C=O) groups excluding carboxylic acids is 3. The smallest absolute Gasteiger partial charge is 0.407 e. The summed E-state index contributed by atoms with van der Waals surface area (Å²) in [6, 6.07) is 8.97. The van der Waals surface area contributed by atoms with Gasteiger partial charge in [-0.1, -0.05) is 56.0 Å². The van der Waals surface area contributed by atoms with Crippen molar-refractivity contribution in [1.29, 1.82) is 0 Å². The average Bonchev–Trinajstić information content (AvgIpc) is 2.79. The molecule has 2 rings (SSSR count). The van der Waals surface area contributed by atoms with E-state index < -0.39 is 12.1 Å². The second kappa shape index (κ2) is 13.6. The van der Waals surface area contributed by atoms with Crippen LogP contribution in [0.15, 0.2) is 30.3 Å². The number of methoxy groups -OCH3 is 1. The van der Waals surface area contributed by atoms with Crippen LogP contribution in [0.4, 0.5) is 4.79 Å². The molecule has 2 amide bonds. The number of carbonyl (C=O) groups is 3. The maximum absolute atomic E-state index is 12.3. The van der Waals surface area contributed by atoms with Crippen LogP contribution in [0.25, 0.3) is 0 Å². The summed E-state index contributed by atoms with van der Waals surface area (Å²) in [6.45, 7) is 0.747. The van der Waals surface area contributed by atoms with Crippen molar-refractivity contribution in [3.63, 3.8) is 0 Å². The van der Waals surface area contributed by atoms with E-state index >= 15 is 0 Å². The number of alkyl carbamates (subject to hydrolysis) is 1. The van der Waals surface area contributed by atoms with Gasteiger partial charge in [-0.2, -0.15) is 0 Å². The molecule has 1 aliphatic rings. The SMILES string of the molecule is COC(=O)[C@H](NC(=O)CCCCCNC(=O)OCc1ccccc1)C1CCCCC1. The molecular weight excluding hydrogens is 384 g/mol. The Kier molecular flexibility index (Phi) is 10.8. The van der Waals surface area contributed by atoms with E-state index in [1.165, 1.54) is 13.5 Å². The highest BCUT2D eigenvalue weighted by atomic mass is 16.5. The Balaban J connectivity index is 1.56. The minimum absolute atomic E-state index is 0.119. The maximum atomic E-state index is 12.3. The topological polar surface area (TPSA) is 93.7 Å². The van der Waals surface area contributed by atoms with Gasteiger partial charge in [0.2, 0.25) is 5.91 Å². The lowest BCUT2D eigenvalue weighted by Crippen LogP contribution is -2.47. The van der Waals surface area contributed by atoms with Gasteiger partial charge < -0.3 is 20.1 Å². The van der Waals surface area contributed by atoms with Gasteiger partial charge in [-0.15, -0.1) is 0 Å². The van der Waals surface area contributed by atoms with E-state index in [0.717, 1.165) is 44.1 Å². The standard InChI is InChI=1S/C23H34N2O5/c1-29-22(27)21(19-13-7-3-8-14-19)25-20(26)15-9-4-10-16-24-23(28)30-17-18-11-5-2-6-12-18/h2,5-6,11-12,19,21H,3-4,7-10,13-17H2,1H3,(H,24,28)(H,25,26)/t21-/m1/s1. The molecule has 0 unspecified atom stereocenters. The fourth-order valence-electron chi connectivity index (χ4n) is 3.76. The summed E-state index contributed by atoms with van der Waals surface area (Å²) in [6.07, 6.45) is 7.46. The number of amides is 2. The van der Waals surface area contributed by atoms with Gasteiger partial charge in [0.25, 0.3) is 0 Å². The van der Waals surface area contributed by atoms with Gasteiger partial charge in [-0.05, 0) is 37.2 Å². The number of hydrogen-bond donors (Lipinski definition) is 2. The molecule has 7 heteroatoms. The Bertz CT molecular complexity index is 659. The number of ether oxygens (including phenoxy) is 2. The van der Waals surface area contributed by atoms with Crippen LogP contribution in [-0.4, -0.2) is 37.7 Å². The molecule has 30 heavy (non-hydrogen) atoms. The first kappa shape index (κ1) is 23.7. The number of benzene rings is 1. The van der Waals surface area contributed by atoms with Crippen LogP contribution in [0, 0.1) is 5.92 Å². The molecule has 0 aromatic heterocycles. The summed E-state index contributed by atoms with van der Waals surface area (Å²) in [5.74, 6) is -0.305. The van der Waals surface area contributed by atoms with E-state index in [-0.39, 0.29) is 24.4 Å². The van der Waals surface area contributed by atoms with Gasteiger partial charge in [-0.25, -0.2) is 9.59 Å². The molecule has 0 saturated heterocycles. The molecule has 1 fully saturated rings. The van der Waals surface area contributed by atoms with Gasteiger partial charge in [0.15, 0.2) is 0 Å². The molecule has 7 nitrogen and oxygen atoms in total. The van der Waals surface area contributed by atoms with Crippen molar-refractivity contribution in [2.75, 3.05) is 13.7 Å². The molecule has 1 aromatic carbocycles. The van der Waals surface area contributed by atoms with Gasteiger partial charge in [0.1, 0.15) is 12.6 Å². The van der Waals surface area contributed by atoms with Gasteiger partial charge >= 0.3 is 12.1 Å². The number of unbranched alkanes of at least 4 members (excludes halogenated alkanes) is 2. The summed E-state index contributed by atoms with van der Waals surface area (Å²) >= 11 is 0. The monoisotopic (exact) mass is 418 g/mol. The van der Waals surface area contributed by atoms with Crippen LogP contribution >= 0.6 is 0 Å². The quantitative estimate of drug-likeness (QED) is 0.422. The lowest BCUT2D eigenvalue weighted by atomic mass is 9.84. The van der Waals surface area contributed by atoms with Crippen molar-refractivity contribution < 1.29 is 23.9 Å². The first-order chi connectivity index (χ1) is 14.6. The fourth-order valence-corrected chi connectivity index (χ4v) is 3.76. The lowest BCUT2D eigenvalue weighted by Gasteiger charge is -2.29. The van der Waals surface area contributed by atoms with E-state index in [9.17, 15) is 14.4 Å². The van der Waals surface area contributed by atoms with Crippen LogP contribution in [0.5, 0.6) is 0 Å². The minimum Gasteiger partial charge on any atom is -0.467 e. The molecule has 1 atom stereocenters. The highest BCUT2D eigenvalue weighted by Gasteiger charge is 2.31. The summed E-state index contributed by atoms with van der Waals surface area (Å²) in [5, 5.41) is 5.59. The molecule has 1 aliphatic carbocycles. The number of rotatable bonds is 11. The summed E-state index contributed by atoms with van der Waals surface area (Å²) in [5.41, 5.74) is 0.942. The third kappa shape index (κ3) is 8.84. The molecule has 0 aliphatic heterocycles. The van der Waals surface area contributed by atoms with E-state index in [1.54, 1.807) is 0 Å². The van der Waals surface area contributed by atoms with Crippen molar-refractivity contribution in [1.82, 2.24) is 10.6 Å². The Morgan fingerprint density at radius 3 is 2.47 bits per heavy atom. The normalized spacial score (nSPS) is 15.1. The van der Waals surface area contributed by atoms with Crippen LogP contribution in [0.1, 0.15) is 63.4 Å². The summed E-state index contributed by atoms with van der Waals surface area (Å²) < 4.78 is 10.0. The molecule has 166 valence electrons. The van der Waals surface area contributed by atoms with Gasteiger partial charge in [0.05, 0.1) is 7.11 Å². The zero-order chi connectivity index (χ0) is 21.6. The van der Waals surface area contributed by atoms with E-state index in [0.29, 0.717) is 19.4 Å². The van der Waals surface area contributed by atoms with Crippen molar-refractivity contribution in [2.45, 2.75) is 70.4 Å². The Labute approximate surface area is 178 Å². The van der Waals surface area contributed by atoms with Crippen molar-refractivity contribution >= 4 is 18.0 Å². The molecule has 1 aromatic rings. The second-order valence-electron chi connectivity index (χ2n) is 7.77. The van der Waals surface area contributed by atoms with Crippen LogP contribution in [0.2, 0.25) is 0 Å². The fraction of sp³-hybridized carbons (Fsp3) is 0.609. The molecule has 2 N–H and O–H groups in total. The molecule has 1 saturated carbocycles. The zero-order valence-corrected chi connectivity index (χ0v) is 17.9. The minimum atomic E-state index is -0.538. The summed E-state index contributed by atoms with van der Waals surface area (Å²) in [4.78, 5) is 36.0. The highest BCUT2D eigenvalue weighted by molar-refractivity contribution is 5.84. The zero-order valence-electron chi connectivity index (χ0n) is 17.9. The van der Waals surface area contributed by atoms with Crippen molar-refractivity contribution in [2.24, 2.45) is 5.92 Å². The number of hydrogen-bond acceptors (Lipinski definition) is 5. The molecule has 0 radical (unpaired) electrons. The molecular formula is C23H34N2O5. The first-order valence-corrected chi connectivity index (χ1v) is 10.9. The van der Waals surface area contributed by atoms with E-state index in [1.807, 2.05) is 30.3 Å². The number of nitrogens with one attached hydrogen (secondary N) is 2. The van der Waals surface area contributed by atoms with Crippen molar-refractivity contribution in [3.8, 4) is 0 Å². The van der Waals surface area contributed by atoms with E-state index in [2.05, 4.69) is 10.6 Å². The van der Waals surface area contributed by atoms with Crippen LogP contribution in [0.3, 0.4) is 0 Å². The molecule has 0 bridgehead atoms. The Morgan fingerprint density at radius 1 is 1.03 bits per heavy atom. The number of esters is 1. The summed E-state index contributed by atoms with van der Waals surface area (Å²) in [7, 11) is 1.36. The van der Waals surface area contributed by atoms with Crippen molar-refractivity contribution in [3.05, 3.63) is 35.9 Å². The van der Waals surface area contributed by atoms with E-state index in [4.69, 9.17) is 9.47 Å². The van der Waals surface area contributed by atoms with Gasteiger partial charge in [-0.3, -0.25) is 4.79 Å². The predicted molar refractivity (Wildman–Crippen MR) is 114 cm³/mol. The Hall–Kier alpha value is -2.57. The lowest BCUT2D eigenvalue weighted by molar-refractivity contribution is -0.147. The van der Waals surface area contributed by atoms with Crippen LogP contribution in [-0.2, 0) is 25.7 Å². The first-order valence-electron chi connectivity index (χ1n) is 10.9. The predicted octanol–water partition coefficient (Wildman–Crippen LogP) is 3.71. The van der Waals surface area contributed by atoms with Crippen LogP contribution < -0.4 is 10.6 Å². The third-order valence-corrected chi connectivity index (χ3v) is 5.46. The largest absolute Gasteiger partial charge is 0.467 e. The maximum Gasteiger partial charge on any atom is 0.407 e. The van der Waals surface area contributed by atoms with Gasteiger partial charge in [0, 0.05) is 13.0 Å². The second-order valence-corrected chi connectivity index (χ2v) is 7.77.